The Labute approximate surface area is 199 Å². The first-order valence-corrected chi connectivity index (χ1v) is 13.5. The van der Waals surface area contributed by atoms with Crippen molar-refractivity contribution in [2.75, 3.05) is 35.7 Å². The molecule has 3 aromatic rings. The maximum atomic E-state index is 12.5. The van der Waals surface area contributed by atoms with Crippen LogP contribution in [-0.4, -0.2) is 56.1 Å². The molecular formula is C22H26ClN5O2S2. The monoisotopic (exact) mass is 491 g/mol. The van der Waals surface area contributed by atoms with Crippen molar-refractivity contribution in [1.82, 2.24) is 15.0 Å². The van der Waals surface area contributed by atoms with Gasteiger partial charge in [0.05, 0.1) is 27.9 Å². The van der Waals surface area contributed by atoms with Gasteiger partial charge in [-0.25, -0.2) is 9.97 Å². The molecule has 2 aliphatic heterocycles. The van der Waals surface area contributed by atoms with Crippen molar-refractivity contribution < 1.29 is 9.66 Å². The second-order valence-electron chi connectivity index (χ2n) is 8.31. The number of hydrogen-bond donors (Lipinski definition) is 2. The lowest BCUT2D eigenvalue weighted by Gasteiger charge is -2.31. The zero-order valence-corrected chi connectivity index (χ0v) is 20.3. The van der Waals surface area contributed by atoms with Crippen molar-refractivity contribution in [2.24, 2.45) is 0 Å². The molecule has 2 atom stereocenters. The summed E-state index contributed by atoms with van der Waals surface area (Å²) in [7, 11) is 0. The summed E-state index contributed by atoms with van der Waals surface area (Å²) in [4.78, 5) is 17.3. The molecule has 170 valence electrons. The molecule has 7 nitrogen and oxygen atoms in total. The quantitative estimate of drug-likeness (QED) is 0.503. The number of thiazole rings is 1. The third kappa shape index (κ3) is 4.28. The summed E-state index contributed by atoms with van der Waals surface area (Å²) >= 11 is 6.78. The predicted molar refractivity (Wildman–Crippen MR) is 131 cm³/mol. The van der Waals surface area contributed by atoms with E-state index in [1.165, 1.54) is 9.71 Å². The average Bonchev–Trinajstić information content (AvgIpc) is 3.40. The van der Waals surface area contributed by atoms with Gasteiger partial charge < -0.3 is 19.9 Å². The van der Waals surface area contributed by atoms with E-state index in [0.717, 1.165) is 48.6 Å². The smallest absolute Gasteiger partial charge is 0.227 e. The molecule has 1 unspecified atom stereocenters. The number of halogens is 1. The lowest BCUT2D eigenvalue weighted by Crippen LogP contribution is -2.35. The van der Waals surface area contributed by atoms with Gasteiger partial charge in [-0.2, -0.15) is 4.98 Å². The van der Waals surface area contributed by atoms with E-state index in [-0.39, 0.29) is 12.6 Å². The van der Waals surface area contributed by atoms with Gasteiger partial charge >= 0.3 is 0 Å². The summed E-state index contributed by atoms with van der Waals surface area (Å²) in [5.74, 6) is 2.31. The minimum atomic E-state index is -1.09. The number of aliphatic hydroxyl groups excluding tert-OH is 1. The van der Waals surface area contributed by atoms with E-state index in [1.54, 1.807) is 11.3 Å². The molecule has 2 N–H and O–H groups in total. The molecule has 4 heterocycles. The molecule has 32 heavy (non-hydrogen) atoms. The van der Waals surface area contributed by atoms with Crippen LogP contribution in [0, 0.1) is 0 Å². The molecule has 0 spiro atoms. The normalized spacial score (nSPS) is 20.0. The third-order valence-electron chi connectivity index (χ3n) is 6.22. The van der Waals surface area contributed by atoms with Gasteiger partial charge in [0.2, 0.25) is 10.8 Å². The Balaban J connectivity index is 1.34. The summed E-state index contributed by atoms with van der Waals surface area (Å²) in [6.07, 6.45) is 3.43. The summed E-state index contributed by atoms with van der Waals surface area (Å²) in [6.45, 7) is 3.71. The van der Waals surface area contributed by atoms with Crippen LogP contribution in [0.3, 0.4) is 0 Å². The second-order valence-corrected chi connectivity index (χ2v) is 11.3. The Hall–Kier alpha value is -1.65. The van der Waals surface area contributed by atoms with Crippen molar-refractivity contribution in [1.29, 1.82) is 0 Å². The van der Waals surface area contributed by atoms with Crippen LogP contribution < -0.4 is 10.2 Å². The van der Waals surface area contributed by atoms with Crippen molar-refractivity contribution in [2.45, 2.75) is 49.5 Å². The van der Waals surface area contributed by atoms with Crippen molar-refractivity contribution in [3.63, 3.8) is 0 Å². The van der Waals surface area contributed by atoms with Crippen LogP contribution in [0.2, 0.25) is 5.02 Å². The number of benzene rings is 1. The molecule has 0 radical (unpaired) electrons. The van der Waals surface area contributed by atoms with Crippen LogP contribution in [0.4, 0.5) is 11.8 Å². The number of aryl methyl sites for hydroxylation is 1. The number of anilines is 2. The standard InChI is InChI=1S/C22H26ClN5O2S2/c1-2-15(12-29)24-20-19-16(7-10-32(19)30)26-22(27-20)28-8-5-13(6-9-28)21-25-17-11-14(23)3-4-18(17)31-21/h3-4,11,13,15,29H,2,5-10,12H2,1H3,(H,24,26,27)/t15-,32?/m1/s1. The number of fused-ring (bicyclic) bond motifs is 2. The minimum absolute atomic E-state index is 0.00994. The SMILES string of the molecule is CC[C@H](CO)Nc1nc(N2CCC(c3nc4cc(Cl)ccc4s3)CC2)nc2c1[S+]([O-])CC2. The highest BCUT2D eigenvalue weighted by molar-refractivity contribution is 7.91. The number of rotatable bonds is 6. The highest BCUT2D eigenvalue weighted by Gasteiger charge is 2.34. The van der Waals surface area contributed by atoms with Crippen molar-refractivity contribution >= 4 is 56.1 Å². The first-order valence-electron chi connectivity index (χ1n) is 11.0. The third-order valence-corrected chi connectivity index (χ3v) is 9.12. The molecule has 1 saturated heterocycles. The van der Waals surface area contributed by atoms with Gasteiger partial charge in [0.15, 0.2) is 5.82 Å². The molecule has 0 bridgehead atoms. The second kappa shape index (κ2) is 9.30. The summed E-state index contributed by atoms with van der Waals surface area (Å²) in [6, 6.07) is 5.77. The fraction of sp³-hybridized carbons (Fsp3) is 0.500. The Morgan fingerprint density at radius 2 is 2.12 bits per heavy atom. The fourth-order valence-electron chi connectivity index (χ4n) is 4.31. The van der Waals surface area contributed by atoms with Crippen molar-refractivity contribution in [3.8, 4) is 0 Å². The van der Waals surface area contributed by atoms with Crippen LogP contribution >= 0.6 is 22.9 Å². The van der Waals surface area contributed by atoms with E-state index < -0.39 is 11.2 Å². The number of hydrogen-bond acceptors (Lipinski definition) is 8. The van der Waals surface area contributed by atoms with Gasteiger partial charge in [0.1, 0.15) is 11.4 Å². The molecule has 10 heteroatoms. The zero-order chi connectivity index (χ0) is 22.2. The Morgan fingerprint density at radius 3 is 2.88 bits per heavy atom. The largest absolute Gasteiger partial charge is 0.611 e. The van der Waals surface area contributed by atoms with Gasteiger partial charge in [0.25, 0.3) is 0 Å². The highest BCUT2D eigenvalue weighted by Crippen LogP contribution is 2.37. The molecule has 1 aromatic carbocycles. The molecule has 0 amide bonds. The molecule has 5 rings (SSSR count). The molecule has 1 fully saturated rings. The van der Waals surface area contributed by atoms with Gasteiger partial charge in [-0.05, 0) is 48.6 Å². The number of aliphatic hydroxyl groups is 1. The number of piperidine rings is 1. The lowest BCUT2D eigenvalue weighted by atomic mass is 9.98. The predicted octanol–water partition coefficient (Wildman–Crippen LogP) is 3.97. The van der Waals surface area contributed by atoms with E-state index >= 15 is 0 Å². The van der Waals surface area contributed by atoms with Crippen LogP contribution in [0.1, 0.15) is 42.8 Å². The van der Waals surface area contributed by atoms with E-state index in [9.17, 15) is 9.66 Å². The highest BCUT2D eigenvalue weighted by atomic mass is 35.5. The maximum Gasteiger partial charge on any atom is 0.227 e. The van der Waals surface area contributed by atoms with E-state index in [0.29, 0.717) is 34.8 Å². The van der Waals surface area contributed by atoms with Gasteiger partial charge in [-0.1, -0.05) is 18.5 Å². The average molecular weight is 492 g/mol. The summed E-state index contributed by atoms with van der Waals surface area (Å²) in [5, 5.41) is 14.8. The molecule has 0 saturated carbocycles. The molecule has 2 aromatic heterocycles. The van der Waals surface area contributed by atoms with Crippen LogP contribution in [0.5, 0.6) is 0 Å². The van der Waals surface area contributed by atoms with Crippen LogP contribution in [-0.2, 0) is 17.6 Å². The lowest BCUT2D eigenvalue weighted by molar-refractivity contribution is 0.271. The zero-order valence-electron chi connectivity index (χ0n) is 17.9. The number of nitrogens with zero attached hydrogens (tertiary/aromatic N) is 4. The number of aromatic nitrogens is 3. The Kier molecular flexibility index (Phi) is 6.44. The van der Waals surface area contributed by atoms with Crippen LogP contribution in [0.15, 0.2) is 23.1 Å². The van der Waals surface area contributed by atoms with Gasteiger partial charge in [-0.15, -0.1) is 11.3 Å². The summed E-state index contributed by atoms with van der Waals surface area (Å²) < 4.78 is 13.7. The van der Waals surface area contributed by atoms with Crippen LogP contribution in [0.25, 0.3) is 10.2 Å². The van der Waals surface area contributed by atoms with Gasteiger partial charge in [-0.3, -0.25) is 0 Å². The van der Waals surface area contributed by atoms with E-state index in [4.69, 9.17) is 26.6 Å². The summed E-state index contributed by atoms with van der Waals surface area (Å²) in [5.41, 5.74) is 1.84. The first kappa shape index (κ1) is 22.2. The fourth-order valence-corrected chi connectivity index (χ4v) is 6.91. The number of nitrogens with one attached hydrogen (secondary N) is 1. The Bertz CT molecular complexity index is 1120. The van der Waals surface area contributed by atoms with E-state index in [2.05, 4.69) is 10.2 Å². The first-order chi connectivity index (χ1) is 15.6. The molecule has 0 aliphatic carbocycles. The maximum absolute atomic E-state index is 12.5. The van der Waals surface area contributed by atoms with Crippen molar-refractivity contribution in [3.05, 3.63) is 33.9 Å². The van der Waals surface area contributed by atoms with E-state index in [1.807, 2.05) is 25.1 Å². The topological polar surface area (TPSA) is 97.2 Å². The minimum Gasteiger partial charge on any atom is -0.611 e. The molecular weight excluding hydrogens is 466 g/mol. The molecule has 2 aliphatic rings. The van der Waals surface area contributed by atoms with Gasteiger partial charge in [0, 0.05) is 30.5 Å². The Morgan fingerprint density at radius 1 is 1.31 bits per heavy atom.